The first kappa shape index (κ1) is 17.9. The van der Waals surface area contributed by atoms with Crippen molar-refractivity contribution < 1.29 is 0 Å². The summed E-state index contributed by atoms with van der Waals surface area (Å²) in [6, 6.07) is 0. The van der Waals surface area contributed by atoms with Gasteiger partial charge in [0.15, 0.2) is 0 Å². The fourth-order valence-electron chi connectivity index (χ4n) is 2.42. The maximum atomic E-state index is 4.72. The second kappa shape index (κ2) is 9.72. The Labute approximate surface area is 130 Å². The van der Waals surface area contributed by atoms with Crippen LogP contribution in [0.3, 0.4) is 0 Å². The van der Waals surface area contributed by atoms with Crippen LogP contribution < -0.4 is 10.2 Å². The molecule has 0 saturated heterocycles. The van der Waals surface area contributed by atoms with Gasteiger partial charge in [0.1, 0.15) is 0 Å². The van der Waals surface area contributed by atoms with Crippen molar-refractivity contribution in [2.24, 2.45) is 5.92 Å². The number of aromatic nitrogens is 2. The predicted molar refractivity (Wildman–Crippen MR) is 90.7 cm³/mol. The highest BCUT2D eigenvalue weighted by atomic mass is 15.2. The first-order valence-corrected chi connectivity index (χ1v) is 8.44. The van der Waals surface area contributed by atoms with E-state index < -0.39 is 0 Å². The summed E-state index contributed by atoms with van der Waals surface area (Å²) in [4.78, 5) is 11.6. The molecule has 21 heavy (non-hydrogen) atoms. The molecule has 1 N–H and O–H groups in total. The molecule has 0 saturated carbocycles. The van der Waals surface area contributed by atoms with Crippen LogP contribution in [0.15, 0.2) is 6.20 Å². The van der Waals surface area contributed by atoms with E-state index in [0.29, 0.717) is 0 Å². The summed E-state index contributed by atoms with van der Waals surface area (Å²) in [5, 5.41) is 3.41. The van der Waals surface area contributed by atoms with E-state index in [9.17, 15) is 0 Å². The summed E-state index contributed by atoms with van der Waals surface area (Å²) in [5.41, 5.74) is 2.29. The van der Waals surface area contributed by atoms with Crippen LogP contribution in [-0.2, 0) is 6.54 Å². The Morgan fingerprint density at radius 2 is 1.90 bits per heavy atom. The smallest absolute Gasteiger partial charge is 0.225 e. The Bertz CT molecular complexity index is 402. The van der Waals surface area contributed by atoms with Crippen LogP contribution in [0.4, 0.5) is 5.95 Å². The molecule has 0 aliphatic rings. The monoisotopic (exact) mass is 292 g/mol. The molecule has 4 nitrogen and oxygen atoms in total. The topological polar surface area (TPSA) is 41.1 Å². The lowest BCUT2D eigenvalue weighted by atomic mass is 10.0. The molecule has 1 heterocycles. The Balaban J connectivity index is 2.75. The van der Waals surface area contributed by atoms with Gasteiger partial charge in [0.05, 0.1) is 0 Å². The SMILES string of the molecule is CCCNCc1cnc(N(CC)CC(CC)CC)nc1C. The molecular formula is C17H32N4. The van der Waals surface area contributed by atoms with E-state index in [1.165, 1.54) is 18.4 Å². The Hall–Kier alpha value is -1.16. The van der Waals surface area contributed by atoms with E-state index in [1.807, 2.05) is 6.20 Å². The molecule has 1 aromatic rings. The maximum absolute atomic E-state index is 4.72. The quantitative estimate of drug-likeness (QED) is 0.670. The molecule has 0 aromatic carbocycles. The van der Waals surface area contributed by atoms with E-state index in [-0.39, 0.29) is 0 Å². The fraction of sp³-hybridized carbons (Fsp3) is 0.765. The van der Waals surface area contributed by atoms with Crippen LogP contribution in [-0.4, -0.2) is 29.6 Å². The van der Waals surface area contributed by atoms with Crippen LogP contribution in [0.2, 0.25) is 0 Å². The minimum atomic E-state index is 0.722. The third kappa shape index (κ3) is 5.62. The average Bonchev–Trinajstić information content (AvgIpc) is 2.50. The third-order valence-electron chi connectivity index (χ3n) is 4.11. The number of hydrogen-bond donors (Lipinski definition) is 1. The zero-order chi connectivity index (χ0) is 15.7. The van der Waals surface area contributed by atoms with Crippen LogP contribution in [0.5, 0.6) is 0 Å². The Morgan fingerprint density at radius 3 is 2.43 bits per heavy atom. The van der Waals surface area contributed by atoms with Gasteiger partial charge in [-0.15, -0.1) is 0 Å². The van der Waals surface area contributed by atoms with Crippen molar-refractivity contribution in [1.82, 2.24) is 15.3 Å². The van der Waals surface area contributed by atoms with Crippen molar-refractivity contribution in [2.45, 2.75) is 60.4 Å². The minimum absolute atomic E-state index is 0.722. The van der Waals surface area contributed by atoms with Crippen molar-refractivity contribution >= 4 is 5.95 Å². The second-order valence-electron chi connectivity index (χ2n) is 5.68. The highest BCUT2D eigenvalue weighted by Gasteiger charge is 2.14. The normalized spacial score (nSPS) is 11.1. The summed E-state index contributed by atoms with van der Waals surface area (Å²) in [6.07, 6.45) is 5.56. The number of nitrogens with one attached hydrogen (secondary N) is 1. The van der Waals surface area contributed by atoms with Gasteiger partial charge in [-0.05, 0) is 32.7 Å². The van der Waals surface area contributed by atoms with Gasteiger partial charge >= 0.3 is 0 Å². The molecule has 1 rings (SSSR count). The molecule has 120 valence electrons. The Kier molecular flexibility index (Phi) is 8.28. The lowest BCUT2D eigenvalue weighted by Crippen LogP contribution is -2.31. The second-order valence-corrected chi connectivity index (χ2v) is 5.68. The number of aryl methyl sites for hydroxylation is 1. The number of hydrogen-bond acceptors (Lipinski definition) is 4. The van der Waals surface area contributed by atoms with Crippen LogP contribution in [0.25, 0.3) is 0 Å². The van der Waals surface area contributed by atoms with Gasteiger partial charge in [0.2, 0.25) is 5.95 Å². The zero-order valence-electron chi connectivity index (χ0n) is 14.4. The zero-order valence-corrected chi connectivity index (χ0v) is 14.4. The summed E-state index contributed by atoms with van der Waals surface area (Å²) in [5.74, 6) is 1.60. The Morgan fingerprint density at radius 1 is 1.19 bits per heavy atom. The summed E-state index contributed by atoms with van der Waals surface area (Å²) in [7, 11) is 0. The van der Waals surface area contributed by atoms with Crippen molar-refractivity contribution in [2.75, 3.05) is 24.5 Å². The van der Waals surface area contributed by atoms with Gasteiger partial charge in [-0.25, -0.2) is 9.97 Å². The molecule has 0 atom stereocenters. The molecule has 0 spiro atoms. The average molecular weight is 292 g/mol. The fourth-order valence-corrected chi connectivity index (χ4v) is 2.42. The van der Waals surface area contributed by atoms with Gasteiger partial charge in [-0.1, -0.05) is 33.6 Å². The van der Waals surface area contributed by atoms with Gasteiger partial charge in [0.25, 0.3) is 0 Å². The van der Waals surface area contributed by atoms with Crippen molar-refractivity contribution in [3.05, 3.63) is 17.5 Å². The van der Waals surface area contributed by atoms with Gasteiger partial charge in [0, 0.05) is 37.1 Å². The predicted octanol–water partition coefficient (Wildman–Crippen LogP) is 3.55. The van der Waals surface area contributed by atoms with Crippen LogP contribution >= 0.6 is 0 Å². The van der Waals surface area contributed by atoms with Gasteiger partial charge in [-0.2, -0.15) is 0 Å². The van der Waals surface area contributed by atoms with Crippen LogP contribution in [0.1, 0.15) is 58.2 Å². The lowest BCUT2D eigenvalue weighted by Gasteiger charge is -2.25. The summed E-state index contributed by atoms with van der Waals surface area (Å²) < 4.78 is 0. The van der Waals surface area contributed by atoms with E-state index in [0.717, 1.165) is 50.2 Å². The number of rotatable bonds is 10. The summed E-state index contributed by atoms with van der Waals surface area (Å²) >= 11 is 0. The first-order valence-electron chi connectivity index (χ1n) is 8.44. The van der Waals surface area contributed by atoms with Crippen LogP contribution in [0, 0.1) is 12.8 Å². The molecule has 0 aliphatic heterocycles. The highest BCUT2D eigenvalue weighted by molar-refractivity contribution is 5.32. The van der Waals surface area contributed by atoms with Gasteiger partial charge in [-0.3, -0.25) is 0 Å². The molecule has 4 heteroatoms. The highest BCUT2D eigenvalue weighted by Crippen LogP contribution is 2.16. The maximum Gasteiger partial charge on any atom is 0.225 e. The molecule has 0 fully saturated rings. The minimum Gasteiger partial charge on any atom is -0.341 e. The molecule has 1 aromatic heterocycles. The number of anilines is 1. The van der Waals surface area contributed by atoms with Crippen molar-refractivity contribution in [3.63, 3.8) is 0 Å². The van der Waals surface area contributed by atoms with E-state index in [4.69, 9.17) is 4.98 Å². The number of nitrogens with zero attached hydrogens (tertiary/aromatic N) is 3. The molecular weight excluding hydrogens is 260 g/mol. The van der Waals surface area contributed by atoms with Gasteiger partial charge < -0.3 is 10.2 Å². The molecule has 0 radical (unpaired) electrons. The summed E-state index contributed by atoms with van der Waals surface area (Å²) in [6.45, 7) is 14.9. The largest absolute Gasteiger partial charge is 0.341 e. The van der Waals surface area contributed by atoms with E-state index in [2.05, 4.69) is 49.8 Å². The molecule has 0 unspecified atom stereocenters. The third-order valence-corrected chi connectivity index (χ3v) is 4.11. The van der Waals surface area contributed by atoms with E-state index >= 15 is 0 Å². The standard InChI is InChI=1S/C17H32N4/c1-6-10-18-11-16-12-19-17(20-14(16)5)21(9-4)13-15(7-2)8-3/h12,15,18H,6-11,13H2,1-5H3. The van der Waals surface area contributed by atoms with E-state index in [1.54, 1.807) is 0 Å². The van der Waals surface area contributed by atoms with Crippen molar-refractivity contribution in [1.29, 1.82) is 0 Å². The van der Waals surface area contributed by atoms with Crippen molar-refractivity contribution in [3.8, 4) is 0 Å². The molecule has 0 amide bonds. The first-order chi connectivity index (χ1) is 10.2. The molecule has 0 bridgehead atoms. The lowest BCUT2D eigenvalue weighted by molar-refractivity contribution is 0.482. The molecule has 0 aliphatic carbocycles.